The molecule has 0 aliphatic heterocycles. The molecule has 0 fully saturated rings. The number of anilines is 2. The Labute approximate surface area is 122 Å². The number of fused-ring (bicyclic) bond motifs is 1. The largest absolute Gasteiger partial charge is 0.398 e. The minimum Gasteiger partial charge on any atom is -0.398 e. The fraction of sp³-hybridized carbons (Fsp3) is 0.444. The van der Waals surface area contributed by atoms with Gasteiger partial charge >= 0.3 is 0 Å². The zero-order valence-electron chi connectivity index (χ0n) is 14.0. The lowest BCUT2D eigenvalue weighted by molar-refractivity contribution is 1.09. The topological polar surface area (TPSA) is 29.3 Å². The Morgan fingerprint density at radius 2 is 1.05 bits per heavy atom. The maximum atomic E-state index is 6.31. The van der Waals surface area contributed by atoms with Crippen molar-refractivity contribution in [2.45, 2.75) is 41.5 Å². The van der Waals surface area contributed by atoms with E-state index in [1.807, 2.05) is 0 Å². The Bertz CT molecular complexity index is 710. The van der Waals surface area contributed by atoms with Gasteiger partial charge in [0.1, 0.15) is 0 Å². The van der Waals surface area contributed by atoms with Gasteiger partial charge in [-0.2, -0.15) is 0 Å². The number of hydrogen-bond acceptors (Lipinski definition) is 2. The van der Waals surface area contributed by atoms with Gasteiger partial charge in [0.25, 0.3) is 0 Å². The number of rotatable bonds is 1. The summed E-state index contributed by atoms with van der Waals surface area (Å²) in [6.07, 6.45) is 0. The molecule has 0 heterocycles. The average molecular weight is 270 g/mol. The molecule has 2 N–H and O–H groups in total. The SMILES string of the molecule is Cc1c(N(C)C)c(C)c2c(C)c(C)c(N)c(C)c2c1C. The summed E-state index contributed by atoms with van der Waals surface area (Å²) >= 11 is 0. The van der Waals surface area contributed by atoms with Crippen molar-refractivity contribution in [3.63, 3.8) is 0 Å². The molecule has 2 rings (SSSR count). The summed E-state index contributed by atoms with van der Waals surface area (Å²) in [6, 6.07) is 0. The fourth-order valence-electron chi connectivity index (χ4n) is 3.55. The minimum absolute atomic E-state index is 0.939. The van der Waals surface area contributed by atoms with E-state index in [4.69, 9.17) is 5.73 Å². The Morgan fingerprint density at radius 1 is 0.600 bits per heavy atom. The van der Waals surface area contributed by atoms with Gasteiger partial charge in [-0.25, -0.2) is 0 Å². The third-order valence-corrected chi connectivity index (χ3v) is 4.84. The van der Waals surface area contributed by atoms with E-state index in [9.17, 15) is 0 Å². The molecule has 0 saturated carbocycles. The first kappa shape index (κ1) is 14.7. The van der Waals surface area contributed by atoms with Crippen molar-refractivity contribution < 1.29 is 0 Å². The van der Waals surface area contributed by atoms with Crippen LogP contribution in [-0.4, -0.2) is 14.1 Å². The Morgan fingerprint density at radius 3 is 1.55 bits per heavy atom. The van der Waals surface area contributed by atoms with Crippen LogP contribution in [-0.2, 0) is 0 Å². The average Bonchev–Trinajstić information content (AvgIpc) is 2.37. The van der Waals surface area contributed by atoms with E-state index in [-0.39, 0.29) is 0 Å². The van der Waals surface area contributed by atoms with Crippen LogP contribution in [0.2, 0.25) is 0 Å². The maximum absolute atomic E-state index is 6.31. The van der Waals surface area contributed by atoms with Gasteiger partial charge in [-0.05, 0) is 85.7 Å². The molecule has 2 heteroatoms. The number of nitrogens with zero attached hydrogens (tertiary/aromatic N) is 1. The van der Waals surface area contributed by atoms with E-state index in [1.54, 1.807) is 0 Å². The molecule has 20 heavy (non-hydrogen) atoms. The van der Waals surface area contributed by atoms with E-state index < -0.39 is 0 Å². The predicted octanol–water partition coefficient (Wildman–Crippen LogP) is 4.34. The summed E-state index contributed by atoms with van der Waals surface area (Å²) in [7, 11) is 4.24. The smallest absolute Gasteiger partial charge is 0.0429 e. The summed E-state index contributed by atoms with van der Waals surface area (Å²) in [5, 5.41) is 2.72. The Hall–Kier alpha value is -1.70. The molecular formula is C18H26N2. The van der Waals surface area contributed by atoms with E-state index in [0.717, 1.165) is 5.69 Å². The van der Waals surface area contributed by atoms with Gasteiger partial charge in [0, 0.05) is 25.5 Å². The van der Waals surface area contributed by atoms with Gasteiger partial charge < -0.3 is 10.6 Å². The molecule has 0 unspecified atom stereocenters. The molecule has 0 amide bonds. The first-order valence-corrected chi connectivity index (χ1v) is 7.16. The summed E-state index contributed by atoms with van der Waals surface area (Å²) in [5.41, 5.74) is 16.4. The zero-order valence-corrected chi connectivity index (χ0v) is 14.0. The quantitative estimate of drug-likeness (QED) is 0.781. The van der Waals surface area contributed by atoms with E-state index in [0.29, 0.717) is 0 Å². The molecule has 0 radical (unpaired) electrons. The van der Waals surface area contributed by atoms with Gasteiger partial charge in [0.15, 0.2) is 0 Å². The van der Waals surface area contributed by atoms with Crippen molar-refractivity contribution in [3.05, 3.63) is 33.4 Å². The van der Waals surface area contributed by atoms with Crippen molar-refractivity contribution in [1.29, 1.82) is 0 Å². The molecule has 0 saturated heterocycles. The first-order chi connectivity index (χ1) is 9.20. The fourth-order valence-corrected chi connectivity index (χ4v) is 3.55. The third kappa shape index (κ3) is 1.78. The summed E-state index contributed by atoms with van der Waals surface area (Å²) in [6.45, 7) is 13.1. The van der Waals surface area contributed by atoms with Crippen LogP contribution in [0.15, 0.2) is 0 Å². The highest BCUT2D eigenvalue weighted by Gasteiger charge is 2.19. The number of aryl methyl sites for hydroxylation is 4. The highest BCUT2D eigenvalue weighted by molar-refractivity contribution is 6.02. The molecule has 108 valence electrons. The lowest BCUT2D eigenvalue weighted by Crippen LogP contribution is -2.14. The van der Waals surface area contributed by atoms with E-state index in [1.165, 1.54) is 49.8 Å². The zero-order chi connectivity index (χ0) is 15.4. The lowest BCUT2D eigenvalue weighted by atomic mass is 9.86. The number of nitrogens with two attached hydrogens (primary N) is 1. The number of benzene rings is 2. The standard InChI is InChI=1S/C18H26N2/c1-9-11(3)17(19)13(5)15-10(2)12(4)18(20(7)8)14(6)16(9)15/h19H2,1-8H3. The summed E-state index contributed by atoms with van der Waals surface area (Å²) in [5.74, 6) is 0. The summed E-state index contributed by atoms with van der Waals surface area (Å²) < 4.78 is 0. The maximum Gasteiger partial charge on any atom is 0.0429 e. The second kappa shape index (κ2) is 4.69. The molecular weight excluding hydrogens is 244 g/mol. The molecule has 0 spiro atoms. The van der Waals surface area contributed by atoms with Crippen LogP contribution >= 0.6 is 0 Å². The monoisotopic (exact) mass is 270 g/mol. The molecule has 0 aliphatic carbocycles. The van der Waals surface area contributed by atoms with Crippen LogP contribution in [0, 0.1) is 41.5 Å². The molecule has 2 nitrogen and oxygen atoms in total. The summed E-state index contributed by atoms with van der Waals surface area (Å²) in [4.78, 5) is 2.22. The van der Waals surface area contributed by atoms with Gasteiger partial charge in [0.05, 0.1) is 0 Å². The molecule has 0 bridgehead atoms. The van der Waals surface area contributed by atoms with Crippen molar-refractivity contribution in [1.82, 2.24) is 0 Å². The van der Waals surface area contributed by atoms with E-state index in [2.05, 4.69) is 60.5 Å². The second-order valence-electron chi connectivity index (χ2n) is 6.16. The Kier molecular flexibility index (Phi) is 3.45. The van der Waals surface area contributed by atoms with Crippen LogP contribution in [0.25, 0.3) is 10.8 Å². The van der Waals surface area contributed by atoms with Crippen LogP contribution < -0.4 is 10.6 Å². The van der Waals surface area contributed by atoms with Crippen LogP contribution in [0.4, 0.5) is 11.4 Å². The molecule has 0 atom stereocenters. The van der Waals surface area contributed by atoms with Crippen LogP contribution in [0.3, 0.4) is 0 Å². The van der Waals surface area contributed by atoms with Gasteiger partial charge in [-0.15, -0.1) is 0 Å². The van der Waals surface area contributed by atoms with Crippen molar-refractivity contribution in [2.75, 3.05) is 24.7 Å². The van der Waals surface area contributed by atoms with Crippen LogP contribution in [0.1, 0.15) is 33.4 Å². The van der Waals surface area contributed by atoms with Gasteiger partial charge in [-0.1, -0.05) is 0 Å². The minimum atomic E-state index is 0.939. The lowest BCUT2D eigenvalue weighted by Gasteiger charge is -2.26. The van der Waals surface area contributed by atoms with Gasteiger partial charge in [-0.3, -0.25) is 0 Å². The number of nitrogen functional groups attached to an aromatic ring is 1. The normalized spacial score (nSPS) is 11.2. The molecule has 2 aromatic rings. The molecule has 0 aromatic heterocycles. The first-order valence-electron chi connectivity index (χ1n) is 7.16. The molecule has 2 aromatic carbocycles. The Balaban J connectivity index is 3.17. The van der Waals surface area contributed by atoms with Crippen molar-refractivity contribution in [2.24, 2.45) is 0 Å². The van der Waals surface area contributed by atoms with E-state index >= 15 is 0 Å². The highest BCUT2D eigenvalue weighted by atomic mass is 15.1. The van der Waals surface area contributed by atoms with Crippen molar-refractivity contribution in [3.8, 4) is 0 Å². The number of hydrogen-bond donors (Lipinski definition) is 1. The second-order valence-corrected chi connectivity index (χ2v) is 6.16. The molecule has 0 aliphatic rings. The van der Waals surface area contributed by atoms with Gasteiger partial charge in [0.2, 0.25) is 0 Å². The highest BCUT2D eigenvalue weighted by Crippen LogP contribution is 2.41. The van der Waals surface area contributed by atoms with Crippen LogP contribution in [0.5, 0.6) is 0 Å². The third-order valence-electron chi connectivity index (χ3n) is 4.84. The predicted molar refractivity (Wildman–Crippen MR) is 91.1 cm³/mol. The van der Waals surface area contributed by atoms with Crippen molar-refractivity contribution >= 4 is 22.1 Å².